The molecule has 15 heavy (non-hydrogen) atoms. The molecule has 0 spiro atoms. The van der Waals surface area contributed by atoms with Gasteiger partial charge in [0.25, 0.3) is 0 Å². The molecule has 0 saturated carbocycles. The van der Waals surface area contributed by atoms with E-state index in [9.17, 15) is 0 Å². The van der Waals surface area contributed by atoms with Gasteiger partial charge in [-0.2, -0.15) is 0 Å². The first-order valence-corrected chi connectivity index (χ1v) is 5.28. The molecule has 0 aromatic rings. The van der Waals surface area contributed by atoms with Gasteiger partial charge in [-0.15, -0.1) is 0 Å². The summed E-state index contributed by atoms with van der Waals surface area (Å²) in [4.78, 5) is 2.17. The van der Waals surface area contributed by atoms with E-state index in [1.807, 2.05) is 0 Å². The van der Waals surface area contributed by atoms with E-state index in [1.165, 1.54) is 0 Å². The van der Waals surface area contributed by atoms with Crippen LogP contribution in [0.1, 0.15) is 0 Å². The van der Waals surface area contributed by atoms with E-state index >= 15 is 0 Å². The van der Waals surface area contributed by atoms with Crippen molar-refractivity contribution in [2.45, 2.75) is 0 Å². The van der Waals surface area contributed by atoms with E-state index < -0.39 is 0 Å². The molecule has 94 valence electrons. The first-order valence-electron chi connectivity index (χ1n) is 5.28. The van der Waals surface area contributed by atoms with Gasteiger partial charge in [-0.05, 0) is 0 Å². The molecule has 0 amide bonds. The van der Waals surface area contributed by atoms with Gasteiger partial charge in [0.15, 0.2) is 0 Å². The number of nitrogens with zero attached hydrogens (tertiary/aromatic N) is 1. The molecule has 0 atom stereocenters. The quantitative estimate of drug-likeness (QED) is 0.368. The molecular formula is C9H27N5O. The second kappa shape index (κ2) is 16.2. The van der Waals surface area contributed by atoms with Gasteiger partial charge in [-0.1, -0.05) is 0 Å². The van der Waals surface area contributed by atoms with Crippen LogP contribution >= 0.6 is 0 Å². The van der Waals surface area contributed by atoms with Gasteiger partial charge in [0.05, 0.1) is 6.61 Å². The summed E-state index contributed by atoms with van der Waals surface area (Å²) in [6.07, 6.45) is 0. The van der Waals surface area contributed by atoms with E-state index in [1.54, 1.807) is 7.11 Å². The first kappa shape index (κ1) is 17.2. The second-order valence-corrected chi connectivity index (χ2v) is 2.99. The maximum Gasteiger partial charge on any atom is 0.0584 e. The second-order valence-electron chi connectivity index (χ2n) is 2.99. The number of rotatable bonds is 8. The minimum atomic E-state index is 0.622. The third kappa shape index (κ3) is 16.4. The normalized spacial score (nSPS) is 10.0. The van der Waals surface area contributed by atoms with Crippen molar-refractivity contribution in [2.75, 3.05) is 59.5 Å². The molecule has 6 heteroatoms. The van der Waals surface area contributed by atoms with Crippen LogP contribution in [-0.4, -0.2) is 64.4 Å². The molecule has 0 bridgehead atoms. The lowest BCUT2D eigenvalue weighted by atomic mass is 10.4. The third-order valence-corrected chi connectivity index (χ3v) is 1.66. The Morgan fingerprint density at radius 2 is 1.20 bits per heavy atom. The summed E-state index contributed by atoms with van der Waals surface area (Å²) in [7, 11) is 1.63. The van der Waals surface area contributed by atoms with Crippen molar-refractivity contribution < 1.29 is 4.74 Å². The molecule has 0 aliphatic carbocycles. The van der Waals surface area contributed by atoms with Crippen LogP contribution in [0.3, 0.4) is 0 Å². The highest BCUT2D eigenvalue weighted by Crippen LogP contribution is 1.81. The van der Waals surface area contributed by atoms with E-state index in [2.05, 4.69) is 9.64 Å². The van der Waals surface area contributed by atoms with E-state index in [-0.39, 0.29) is 0 Å². The SMILES string of the molecule is COCCN.NCCN(CCN)CCN. The zero-order valence-corrected chi connectivity index (χ0v) is 9.82. The topological polar surface area (TPSA) is 117 Å². The maximum atomic E-state index is 5.37. The average Bonchev–Trinajstić information content (AvgIpc) is 2.21. The van der Waals surface area contributed by atoms with Crippen molar-refractivity contribution in [1.82, 2.24) is 4.90 Å². The lowest BCUT2D eigenvalue weighted by molar-refractivity contribution is 0.207. The highest BCUT2D eigenvalue weighted by Gasteiger charge is 1.98. The average molecular weight is 221 g/mol. The van der Waals surface area contributed by atoms with Gasteiger partial charge in [-0.3, -0.25) is 4.90 Å². The number of methoxy groups -OCH3 is 1. The molecule has 6 nitrogen and oxygen atoms in total. The number of hydrogen-bond donors (Lipinski definition) is 4. The van der Waals surface area contributed by atoms with Gasteiger partial charge >= 0.3 is 0 Å². The van der Waals surface area contributed by atoms with Crippen LogP contribution < -0.4 is 22.9 Å². The molecule has 0 aromatic carbocycles. The lowest BCUT2D eigenvalue weighted by Crippen LogP contribution is -2.37. The van der Waals surface area contributed by atoms with E-state index in [0.717, 1.165) is 19.6 Å². The maximum absolute atomic E-state index is 5.37. The van der Waals surface area contributed by atoms with Crippen LogP contribution in [0.4, 0.5) is 0 Å². The predicted molar refractivity (Wildman–Crippen MR) is 64.5 cm³/mol. The highest BCUT2D eigenvalue weighted by molar-refractivity contribution is 4.58. The molecule has 0 aliphatic rings. The largest absolute Gasteiger partial charge is 0.383 e. The predicted octanol–water partition coefficient (Wildman–Crippen LogP) is -2.24. The van der Waals surface area contributed by atoms with Gasteiger partial charge in [0.2, 0.25) is 0 Å². The minimum absolute atomic E-state index is 0.622. The first-order chi connectivity index (χ1) is 7.26. The van der Waals surface area contributed by atoms with Gasteiger partial charge in [-0.25, -0.2) is 0 Å². The standard InChI is InChI=1S/C6H18N4.C3H9NO/c7-1-4-10(5-2-8)6-3-9;1-5-3-2-4/h1-9H2;2-4H2,1H3. The molecule has 8 N–H and O–H groups in total. The van der Waals surface area contributed by atoms with Gasteiger partial charge < -0.3 is 27.7 Å². The molecule has 0 fully saturated rings. The van der Waals surface area contributed by atoms with Gasteiger partial charge in [0, 0.05) is 52.9 Å². The summed E-state index contributed by atoms with van der Waals surface area (Å²) in [5.74, 6) is 0. The van der Waals surface area contributed by atoms with Crippen LogP contribution in [0, 0.1) is 0 Å². The number of hydrogen-bond acceptors (Lipinski definition) is 6. The Labute approximate surface area is 92.9 Å². The molecule has 0 aromatic heterocycles. The number of ether oxygens (including phenoxy) is 1. The Morgan fingerprint density at radius 1 is 0.800 bits per heavy atom. The Bertz CT molecular complexity index is 88.2. The highest BCUT2D eigenvalue weighted by atomic mass is 16.5. The smallest absolute Gasteiger partial charge is 0.0584 e. The van der Waals surface area contributed by atoms with Crippen molar-refractivity contribution in [3.05, 3.63) is 0 Å². The molecule has 0 radical (unpaired) electrons. The van der Waals surface area contributed by atoms with Crippen molar-refractivity contribution >= 4 is 0 Å². The fourth-order valence-corrected chi connectivity index (χ4v) is 1.00. The summed E-state index contributed by atoms with van der Waals surface area (Å²) in [5, 5.41) is 0. The van der Waals surface area contributed by atoms with Crippen molar-refractivity contribution in [3.8, 4) is 0 Å². The minimum Gasteiger partial charge on any atom is -0.383 e. The summed E-state index contributed by atoms with van der Waals surface area (Å²) >= 11 is 0. The Morgan fingerprint density at radius 3 is 1.33 bits per heavy atom. The fraction of sp³-hybridized carbons (Fsp3) is 1.00. The lowest BCUT2D eigenvalue weighted by Gasteiger charge is -2.18. The molecule has 0 unspecified atom stereocenters. The molecular weight excluding hydrogens is 194 g/mol. The van der Waals surface area contributed by atoms with E-state index in [4.69, 9.17) is 22.9 Å². The molecule has 0 heterocycles. The van der Waals surface area contributed by atoms with Crippen LogP contribution in [0.15, 0.2) is 0 Å². The van der Waals surface area contributed by atoms with Crippen molar-refractivity contribution in [1.29, 1.82) is 0 Å². The van der Waals surface area contributed by atoms with E-state index in [0.29, 0.717) is 32.8 Å². The summed E-state index contributed by atoms with van der Waals surface area (Å²) < 4.78 is 4.57. The van der Waals surface area contributed by atoms with Crippen LogP contribution in [0.2, 0.25) is 0 Å². The Balaban J connectivity index is 0. The van der Waals surface area contributed by atoms with Crippen LogP contribution in [0.25, 0.3) is 0 Å². The Hall–Kier alpha value is -0.240. The zero-order valence-electron chi connectivity index (χ0n) is 9.82. The molecule has 0 aliphatic heterocycles. The fourth-order valence-electron chi connectivity index (χ4n) is 1.00. The van der Waals surface area contributed by atoms with Crippen molar-refractivity contribution in [2.24, 2.45) is 22.9 Å². The van der Waals surface area contributed by atoms with Crippen LogP contribution in [-0.2, 0) is 4.74 Å². The Kier molecular flexibility index (Phi) is 18.5. The third-order valence-electron chi connectivity index (χ3n) is 1.66. The summed E-state index contributed by atoms with van der Waals surface area (Å²) in [6, 6.07) is 0. The molecule has 0 rings (SSSR count). The zero-order chi connectivity index (χ0) is 11.9. The molecule has 0 saturated heterocycles. The number of nitrogens with two attached hydrogens (primary N) is 4. The van der Waals surface area contributed by atoms with Crippen LogP contribution in [0.5, 0.6) is 0 Å². The van der Waals surface area contributed by atoms with Gasteiger partial charge in [0.1, 0.15) is 0 Å². The summed E-state index contributed by atoms with van der Waals surface area (Å²) in [5.41, 5.74) is 21.1. The summed E-state index contributed by atoms with van der Waals surface area (Å²) in [6.45, 7) is 6.02. The van der Waals surface area contributed by atoms with Crippen molar-refractivity contribution in [3.63, 3.8) is 0 Å². The monoisotopic (exact) mass is 221 g/mol.